The Balaban J connectivity index is 1.64. The van der Waals surface area contributed by atoms with Crippen molar-refractivity contribution in [3.8, 4) is 5.69 Å². The molecule has 25 heavy (non-hydrogen) atoms. The highest BCUT2D eigenvalue weighted by molar-refractivity contribution is 5.85. The molecule has 0 spiro atoms. The number of nitrogens with one attached hydrogen (secondary N) is 1. The Bertz CT molecular complexity index is 1040. The first-order valence-corrected chi connectivity index (χ1v) is 7.90. The summed E-state index contributed by atoms with van der Waals surface area (Å²) in [7, 11) is 0. The highest BCUT2D eigenvalue weighted by atomic mass is 15.3. The number of rotatable bonds is 4. The van der Waals surface area contributed by atoms with Crippen LogP contribution in [0, 0.1) is 6.92 Å². The van der Waals surface area contributed by atoms with Crippen LogP contribution >= 0.6 is 0 Å². The van der Waals surface area contributed by atoms with Crippen molar-refractivity contribution in [1.82, 2.24) is 19.5 Å². The molecule has 122 valence electrons. The molecule has 0 unspecified atom stereocenters. The standard InChI is InChI=1S/C19H16N6/c1-14-6-5-7-15(10-14)11-23-24-18-17-19(21-12-20-18)25(13-22-17)16-8-3-2-4-9-16/h2-13H,1H3,(H,20,21,24). The largest absolute Gasteiger partial charge is 0.283 e. The van der Waals surface area contributed by atoms with Crippen molar-refractivity contribution in [2.45, 2.75) is 6.92 Å². The smallest absolute Gasteiger partial charge is 0.177 e. The fourth-order valence-electron chi connectivity index (χ4n) is 2.61. The van der Waals surface area contributed by atoms with Crippen molar-refractivity contribution in [3.05, 3.63) is 78.4 Å². The zero-order valence-corrected chi connectivity index (χ0v) is 13.7. The second-order valence-electron chi connectivity index (χ2n) is 5.63. The maximum atomic E-state index is 4.44. The van der Waals surface area contributed by atoms with E-state index in [9.17, 15) is 0 Å². The summed E-state index contributed by atoms with van der Waals surface area (Å²) in [4.78, 5) is 13.0. The van der Waals surface area contributed by atoms with E-state index in [0.717, 1.165) is 16.9 Å². The molecule has 2 aromatic heterocycles. The SMILES string of the molecule is Cc1cccc(C=NNc2ncnc3c2ncn3-c2ccccc2)c1. The number of aryl methyl sites for hydroxylation is 1. The summed E-state index contributed by atoms with van der Waals surface area (Å²) in [5.41, 5.74) is 7.58. The summed E-state index contributed by atoms with van der Waals surface area (Å²) in [6.45, 7) is 2.05. The zero-order chi connectivity index (χ0) is 17.1. The van der Waals surface area contributed by atoms with Crippen LogP contribution in [-0.4, -0.2) is 25.7 Å². The van der Waals surface area contributed by atoms with Gasteiger partial charge in [0.25, 0.3) is 0 Å². The Kier molecular flexibility index (Phi) is 3.92. The third-order valence-electron chi connectivity index (χ3n) is 3.79. The van der Waals surface area contributed by atoms with E-state index in [4.69, 9.17) is 0 Å². The summed E-state index contributed by atoms with van der Waals surface area (Å²) in [5.74, 6) is 0.573. The van der Waals surface area contributed by atoms with Crippen LogP contribution in [0.3, 0.4) is 0 Å². The van der Waals surface area contributed by atoms with E-state index >= 15 is 0 Å². The van der Waals surface area contributed by atoms with E-state index in [0.29, 0.717) is 11.3 Å². The van der Waals surface area contributed by atoms with Crippen LogP contribution in [0.25, 0.3) is 16.9 Å². The van der Waals surface area contributed by atoms with Crippen molar-refractivity contribution in [2.24, 2.45) is 5.10 Å². The second kappa shape index (κ2) is 6.52. The van der Waals surface area contributed by atoms with Crippen LogP contribution in [0.4, 0.5) is 5.82 Å². The van der Waals surface area contributed by atoms with Crippen LogP contribution in [0.15, 0.2) is 72.4 Å². The summed E-state index contributed by atoms with van der Waals surface area (Å²) >= 11 is 0. The molecule has 6 nitrogen and oxygen atoms in total. The number of para-hydroxylation sites is 1. The van der Waals surface area contributed by atoms with E-state index in [1.807, 2.05) is 47.0 Å². The van der Waals surface area contributed by atoms with Gasteiger partial charge >= 0.3 is 0 Å². The average molecular weight is 328 g/mol. The van der Waals surface area contributed by atoms with Gasteiger partial charge in [-0.05, 0) is 24.6 Å². The zero-order valence-electron chi connectivity index (χ0n) is 13.7. The minimum Gasteiger partial charge on any atom is -0.283 e. The van der Waals surface area contributed by atoms with Crippen LogP contribution in [0.1, 0.15) is 11.1 Å². The number of benzene rings is 2. The van der Waals surface area contributed by atoms with Gasteiger partial charge in [0, 0.05) is 5.69 Å². The van der Waals surface area contributed by atoms with Crippen molar-refractivity contribution in [2.75, 3.05) is 5.43 Å². The molecular formula is C19H16N6. The van der Waals surface area contributed by atoms with E-state index in [1.165, 1.54) is 11.9 Å². The summed E-state index contributed by atoms with van der Waals surface area (Å²) < 4.78 is 1.92. The van der Waals surface area contributed by atoms with Gasteiger partial charge < -0.3 is 0 Å². The molecule has 4 rings (SSSR count). The van der Waals surface area contributed by atoms with Gasteiger partial charge in [-0.3, -0.25) is 9.99 Å². The van der Waals surface area contributed by atoms with Gasteiger partial charge in [-0.25, -0.2) is 15.0 Å². The lowest BCUT2D eigenvalue weighted by molar-refractivity contribution is 1.06. The predicted molar refractivity (Wildman–Crippen MR) is 99.1 cm³/mol. The van der Waals surface area contributed by atoms with Crippen molar-refractivity contribution in [3.63, 3.8) is 0 Å². The van der Waals surface area contributed by atoms with Crippen LogP contribution < -0.4 is 5.43 Å². The lowest BCUT2D eigenvalue weighted by Crippen LogP contribution is -1.98. The number of hydrazone groups is 1. The molecule has 4 aromatic rings. The van der Waals surface area contributed by atoms with E-state index in [1.54, 1.807) is 12.5 Å². The van der Waals surface area contributed by atoms with E-state index < -0.39 is 0 Å². The molecule has 2 heterocycles. The molecule has 0 aliphatic carbocycles. The first-order valence-electron chi connectivity index (χ1n) is 7.90. The lowest BCUT2D eigenvalue weighted by Gasteiger charge is -2.03. The van der Waals surface area contributed by atoms with Gasteiger partial charge in [-0.2, -0.15) is 5.10 Å². The summed E-state index contributed by atoms with van der Waals surface area (Å²) in [5, 5.41) is 4.27. The molecule has 0 saturated carbocycles. The third-order valence-corrected chi connectivity index (χ3v) is 3.79. The topological polar surface area (TPSA) is 68.0 Å². The molecule has 6 heteroatoms. The fourth-order valence-corrected chi connectivity index (χ4v) is 2.61. The Morgan fingerprint density at radius 1 is 1.00 bits per heavy atom. The van der Waals surface area contributed by atoms with Crippen molar-refractivity contribution < 1.29 is 0 Å². The molecule has 0 fully saturated rings. The van der Waals surface area contributed by atoms with Gasteiger partial charge in [-0.15, -0.1) is 0 Å². The minimum absolute atomic E-state index is 0.573. The molecule has 1 N–H and O–H groups in total. The maximum Gasteiger partial charge on any atom is 0.177 e. The Hall–Kier alpha value is -3.54. The molecule has 0 aliphatic heterocycles. The van der Waals surface area contributed by atoms with E-state index in [-0.39, 0.29) is 0 Å². The van der Waals surface area contributed by atoms with Gasteiger partial charge in [0.1, 0.15) is 12.7 Å². The fraction of sp³-hybridized carbons (Fsp3) is 0.0526. The van der Waals surface area contributed by atoms with Crippen molar-refractivity contribution >= 4 is 23.2 Å². The van der Waals surface area contributed by atoms with Gasteiger partial charge in [0.15, 0.2) is 17.0 Å². The highest BCUT2D eigenvalue weighted by Crippen LogP contribution is 2.20. The quantitative estimate of drug-likeness (QED) is 0.459. The van der Waals surface area contributed by atoms with Gasteiger partial charge in [-0.1, -0.05) is 48.0 Å². The van der Waals surface area contributed by atoms with Crippen molar-refractivity contribution in [1.29, 1.82) is 0 Å². The molecular weight excluding hydrogens is 312 g/mol. The molecule has 0 radical (unpaired) electrons. The molecule has 0 bridgehead atoms. The Morgan fingerprint density at radius 2 is 1.88 bits per heavy atom. The second-order valence-corrected chi connectivity index (χ2v) is 5.63. The first-order chi connectivity index (χ1) is 12.3. The number of aromatic nitrogens is 4. The highest BCUT2D eigenvalue weighted by Gasteiger charge is 2.10. The molecule has 0 aliphatic rings. The number of imidazole rings is 1. The monoisotopic (exact) mass is 328 g/mol. The van der Waals surface area contributed by atoms with Gasteiger partial charge in [0.2, 0.25) is 0 Å². The molecule has 0 atom stereocenters. The number of hydrogen-bond acceptors (Lipinski definition) is 5. The number of fused-ring (bicyclic) bond motifs is 1. The lowest BCUT2D eigenvalue weighted by atomic mass is 10.2. The first kappa shape index (κ1) is 15.0. The van der Waals surface area contributed by atoms with Crippen LogP contribution in [0.2, 0.25) is 0 Å². The predicted octanol–water partition coefficient (Wildman–Crippen LogP) is 3.57. The Labute approximate surface area is 144 Å². The minimum atomic E-state index is 0.573. The number of hydrogen-bond donors (Lipinski definition) is 1. The van der Waals surface area contributed by atoms with Crippen LogP contribution in [0.5, 0.6) is 0 Å². The normalized spacial score (nSPS) is 11.2. The number of nitrogens with zero attached hydrogens (tertiary/aromatic N) is 5. The Morgan fingerprint density at radius 3 is 2.72 bits per heavy atom. The summed E-state index contributed by atoms with van der Waals surface area (Å²) in [6, 6.07) is 18.1. The third kappa shape index (κ3) is 3.10. The molecule has 2 aromatic carbocycles. The maximum absolute atomic E-state index is 4.44. The van der Waals surface area contributed by atoms with Gasteiger partial charge in [0.05, 0.1) is 6.21 Å². The van der Waals surface area contributed by atoms with Crippen LogP contribution in [-0.2, 0) is 0 Å². The van der Waals surface area contributed by atoms with E-state index in [2.05, 4.69) is 44.5 Å². The molecule has 0 saturated heterocycles. The number of anilines is 1. The molecule has 0 amide bonds. The average Bonchev–Trinajstić information content (AvgIpc) is 3.08. The summed E-state index contributed by atoms with van der Waals surface area (Å²) in [6.07, 6.45) is 5.01.